The Bertz CT molecular complexity index is 871. The van der Waals surface area contributed by atoms with Crippen LogP contribution in [0.4, 0.5) is 4.79 Å². The molecule has 1 N–H and O–H groups in total. The van der Waals surface area contributed by atoms with Gasteiger partial charge in [0, 0.05) is 50.9 Å². The van der Waals surface area contributed by atoms with Gasteiger partial charge in [-0.3, -0.25) is 4.79 Å². The molecule has 0 bridgehead atoms. The third-order valence-corrected chi connectivity index (χ3v) is 5.97. The smallest absolute Gasteiger partial charge is 0.317 e. The molecule has 4 rings (SSSR count). The summed E-state index contributed by atoms with van der Waals surface area (Å²) in [4.78, 5) is 33.1. The van der Waals surface area contributed by atoms with Crippen LogP contribution in [-0.2, 0) is 11.3 Å². The summed E-state index contributed by atoms with van der Waals surface area (Å²) >= 11 is 0. The molecule has 2 fully saturated rings. The second-order valence-electron chi connectivity index (χ2n) is 8.30. The van der Waals surface area contributed by atoms with Crippen LogP contribution in [0.1, 0.15) is 43.4 Å². The summed E-state index contributed by atoms with van der Waals surface area (Å²) in [5.41, 5.74) is 2.87. The minimum absolute atomic E-state index is 0.125. The van der Waals surface area contributed by atoms with Gasteiger partial charge in [-0.1, -0.05) is 12.8 Å². The standard InChI is InChI=1S/C21H29N5O2/c1-15-7-8-25-14-17(23-19(25)9-15)11-22-21(28)24(2)12-16-10-20(27)26(13-16)18-5-3-4-6-18/h7-9,14,16,18H,3-6,10-13H2,1-2H3,(H,22,28). The van der Waals surface area contributed by atoms with Gasteiger partial charge < -0.3 is 19.5 Å². The highest BCUT2D eigenvalue weighted by atomic mass is 16.2. The Morgan fingerprint density at radius 2 is 2.14 bits per heavy atom. The number of aryl methyl sites for hydroxylation is 1. The average molecular weight is 383 g/mol. The number of imidazole rings is 1. The Labute approximate surface area is 165 Å². The first-order chi connectivity index (χ1) is 13.5. The van der Waals surface area contributed by atoms with E-state index < -0.39 is 0 Å². The first-order valence-electron chi connectivity index (χ1n) is 10.2. The van der Waals surface area contributed by atoms with Crippen molar-refractivity contribution in [1.29, 1.82) is 0 Å². The maximum atomic E-state index is 12.5. The Morgan fingerprint density at radius 3 is 2.93 bits per heavy atom. The average Bonchev–Trinajstić information content (AvgIpc) is 3.38. The van der Waals surface area contributed by atoms with Gasteiger partial charge in [0.1, 0.15) is 5.65 Å². The van der Waals surface area contributed by atoms with E-state index in [1.54, 1.807) is 11.9 Å². The third kappa shape index (κ3) is 3.98. The second kappa shape index (κ2) is 7.81. The number of fused-ring (bicyclic) bond motifs is 1. The second-order valence-corrected chi connectivity index (χ2v) is 8.30. The summed E-state index contributed by atoms with van der Waals surface area (Å²) in [5.74, 6) is 0.479. The molecule has 28 heavy (non-hydrogen) atoms. The van der Waals surface area contributed by atoms with Crippen molar-refractivity contribution in [2.24, 2.45) is 5.92 Å². The zero-order valence-electron chi connectivity index (χ0n) is 16.7. The molecule has 2 aliphatic rings. The summed E-state index contributed by atoms with van der Waals surface area (Å²) in [6.07, 6.45) is 9.18. The molecule has 0 spiro atoms. The van der Waals surface area contributed by atoms with Gasteiger partial charge in [0.2, 0.25) is 5.91 Å². The van der Waals surface area contributed by atoms with Crippen LogP contribution in [0.3, 0.4) is 0 Å². The molecular weight excluding hydrogens is 354 g/mol. The number of likely N-dealkylation sites (tertiary alicyclic amines) is 1. The summed E-state index contributed by atoms with van der Waals surface area (Å²) < 4.78 is 1.96. The Hall–Kier alpha value is -2.57. The molecule has 1 saturated carbocycles. The lowest BCUT2D eigenvalue weighted by molar-refractivity contribution is -0.129. The molecule has 2 aromatic rings. The Kier molecular flexibility index (Phi) is 5.24. The summed E-state index contributed by atoms with van der Waals surface area (Å²) in [7, 11) is 1.80. The van der Waals surface area contributed by atoms with E-state index in [9.17, 15) is 9.59 Å². The number of urea groups is 1. The van der Waals surface area contributed by atoms with Crippen molar-refractivity contribution in [2.75, 3.05) is 20.1 Å². The first kappa shape index (κ1) is 18.8. The van der Waals surface area contributed by atoms with Crippen LogP contribution < -0.4 is 5.32 Å². The van der Waals surface area contributed by atoms with Crippen molar-refractivity contribution in [1.82, 2.24) is 24.5 Å². The number of nitrogens with zero attached hydrogens (tertiary/aromatic N) is 4. The fraction of sp³-hybridized carbons (Fsp3) is 0.571. The van der Waals surface area contributed by atoms with Gasteiger partial charge in [-0.15, -0.1) is 0 Å². The van der Waals surface area contributed by atoms with E-state index in [0.717, 1.165) is 36.3 Å². The van der Waals surface area contributed by atoms with Gasteiger partial charge in [-0.05, 0) is 37.5 Å². The number of pyridine rings is 1. The predicted octanol–water partition coefficient (Wildman–Crippen LogP) is 2.58. The number of amides is 3. The van der Waals surface area contributed by atoms with Crippen molar-refractivity contribution >= 4 is 17.6 Å². The molecule has 1 aliphatic carbocycles. The molecule has 1 atom stereocenters. The fourth-order valence-corrected chi connectivity index (χ4v) is 4.49. The van der Waals surface area contributed by atoms with E-state index in [1.807, 2.05) is 35.9 Å². The molecule has 1 aliphatic heterocycles. The topological polar surface area (TPSA) is 70.0 Å². The molecule has 0 aromatic carbocycles. The summed E-state index contributed by atoms with van der Waals surface area (Å²) in [5, 5.41) is 2.94. The number of aromatic nitrogens is 2. The molecule has 1 unspecified atom stereocenters. The van der Waals surface area contributed by atoms with E-state index in [0.29, 0.717) is 25.6 Å². The Balaban J connectivity index is 1.28. The molecule has 1 saturated heterocycles. The number of carbonyl (C=O) groups is 2. The van der Waals surface area contributed by atoms with Crippen LogP contribution in [0.25, 0.3) is 5.65 Å². The molecule has 150 valence electrons. The lowest BCUT2D eigenvalue weighted by atomic mass is 10.1. The molecular formula is C21H29N5O2. The lowest BCUT2D eigenvalue weighted by Crippen LogP contribution is -2.40. The zero-order chi connectivity index (χ0) is 19.7. The molecule has 0 radical (unpaired) electrons. The lowest BCUT2D eigenvalue weighted by Gasteiger charge is -2.25. The normalized spacial score (nSPS) is 20.3. The minimum Gasteiger partial charge on any atom is -0.339 e. The van der Waals surface area contributed by atoms with Crippen molar-refractivity contribution in [3.63, 3.8) is 0 Å². The Morgan fingerprint density at radius 1 is 1.36 bits per heavy atom. The van der Waals surface area contributed by atoms with Crippen LogP contribution in [0.5, 0.6) is 0 Å². The molecule has 3 heterocycles. The highest BCUT2D eigenvalue weighted by Gasteiger charge is 2.36. The number of hydrogen-bond donors (Lipinski definition) is 1. The van der Waals surface area contributed by atoms with Crippen molar-refractivity contribution in [3.05, 3.63) is 35.8 Å². The number of carbonyl (C=O) groups excluding carboxylic acids is 2. The van der Waals surface area contributed by atoms with Crippen LogP contribution in [0, 0.1) is 12.8 Å². The molecule has 3 amide bonds. The summed E-state index contributed by atoms with van der Waals surface area (Å²) in [6, 6.07) is 4.35. The third-order valence-electron chi connectivity index (χ3n) is 5.97. The van der Waals surface area contributed by atoms with E-state index in [1.165, 1.54) is 12.8 Å². The van der Waals surface area contributed by atoms with E-state index in [-0.39, 0.29) is 17.9 Å². The monoisotopic (exact) mass is 383 g/mol. The van der Waals surface area contributed by atoms with Gasteiger partial charge in [-0.25, -0.2) is 9.78 Å². The quantitative estimate of drug-likeness (QED) is 0.863. The van der Waals surface area contributed by atoms with Gasteiger partial charge in [0.25, 0.3) is 0 Å². The molecule has 7 heteroatoms. The van der Waals surface area contributed by atoms with Crippen molar-refractivity contribution in [2.45, 2.75) is 51.6 Å². The van der Waals surface area contributed by atoms with Gasteiger partial charge in [0.15, 0.2) is 0 Å². The van der Waals surface area contributed by atoms with E-state index >= 15 is 0 Å². The van der Waals surface area contributed by atoms with Gasteiger partial charge in [-0.2, -0.15) is 0 Å². The highest BCUT2D eigenvalue weighted by molar-refractivity contribution is 5.79. The predicted molar refractivity (Wildman–Crippen MR) is 107 cm³/mol. The van der Waals surface area contributed by atoms with E-state index in [4.69, 9.17) is 0 Å². The van der Waals surface area contributed by atoms with Gasteiger partial charge >= 0.3 is 6.03 Å². The summed E-state index contributed by atoms with van der Waals surface area (Å²) in [6.45, 7) is 3.81. The van der Waals surface area contributed by atoms with Crippen LogP contribution in [-0.4, -0.2) is 57.3 Å². The van der Waals surface area contributed by atoms with Crippen LogP contribution >= 0.6 is 0 Å². The maximum absolute atomic E-state index is 12.5. The van der Waals surface area contributed by atoms with E-state index in [2.05, 4.69) is 15.2 Å². The van der Waals surface area contributed by atoms with Crippen LogP contribution in [0.15, 0.2) is 24.5 Å². The first-order valence-corrected chi connectivity index (χ1v) is 10.2. The number of rotatable bonds is 5. The maximum Gasteiger partial charge on any atom is 0.317 e. The fourth-order valence-electron chi connectivity index (χ4n) is 4.49. The largest absolute Gasteiger partial charge is 0.339 e. The van der Waals surface area contributed by atoms with Crippen LogP contribution in [0.2, 0.25) is 0 Å². The minimum atomic E-state index is -0.125. The van der Waals surface area contributed by atoms with Gasteiger partial charge in [0.05, 0.1) is 12.2 Å². The SMILES string of the molecule is Cc1ccn2cc(CNC(=O)N(C)CC3CC(=O)N(C4CCCC4)C3)nc2c1. The zero-order valence-corrected chi connectivity index (χ0v) is 16.7. The molecule has 7 nitrogen and oxygen atoms in total. The number of hydrogen-bond acceptors (Lipinski definition) is 3. The number of nitrogens with one attached hydrogen (secondary N) is 1. The van der Waals surface area contributed by atoms with Crippen molar-refractivity contribution < 1.29 is 9.59 Å². The molecule has 2 aromatic heterocycles. The highest BCUT2D eigenvalue weighted by Crippen LogP contribution is 2.29. The van der Waals surface area contributed by atoms with Crippen molar-refractivity contribution in [3.8, 4) is 0 Å².